The number of nitrogens with one attached hydrogen (secondary N) is 1. The van der Waals surface area contributed by atoms with Gasteiger partial charge < -0.3 is 10.5 Å². The highest BCUT2D eigenvalue weighted by molar-refractivity contribution is 5.97. The third-order valence-corrected chi connectivity index (χ3v) is 2.80. The Labute approximate surface area is 111 Å². The zero-order chi connectivity index (χ0) is 14.0. The second-order valence-corrected chi connectivity index (χ2v) is 4.43. The molecular weight excluding hydrogens is 243 g/mol. The maximum absolute atomic E-state index is 13.2. The predicted octanol–water partition coefficient (Wildman–Crippen LogP) is 3.52. The Bertz CT molecular complexity index is 638. The summed E-state index contributed by atoms with van der Waals surface area (Å²) in [5, 5.41) is 7.47. The highest BCUT2D eigenvalue weighted by Crippen LogP contribution is 2.29. The number of amidine groups is 1. The minimum atomic E-state index is -0.446. The van der Waals surface area contributed by atoms with Gasteiger partial charge in [-0.15, -0.1) is 0 Å². The fraction of sp³-hybridized carbons (Fsp3) is 0.133. The van der Waals surface area contributed by atoms with Crippen LogP contribution in [0.3, 0.4) is 0 Å². The Hall–Kier alpha value is -2.36. The van der Waals surface area contributed by atoms with Crippen LogP contribution in [0.4, 0.5) is 4.39 Å². The second-order valence-electron chi connectivity index (χ2n) is 4.43. The van der Waals surface area contributed by atoms with Crippen molar-refractivity contribution in [2.45, 2.75) is 13.8 Å². The summed E-state index contributed by atoms with van der Waals surface area (Å²) in [6, 6.07) is 9.78. The first kappa shape index (κ1) is 13.1. The Balaban J connectivity index is 2.43. The van der Waals surface area contributed by atoms with E-state index in [-0.39, 0.29) is 11.4 Å². The third kappa shape index (κ3) is 2.91. The summed E-state index contributed by atoms with van der Waals surface area (Å²) in [6.45, 7) is 3.88. The van der Waals surface area contributed by atoms with Crippen molar-refractivity contribution < 1.29 is 9.13 Å². The van der Waals surface area contributed by atoms with E-state index in [1.807, 2.05) is 32.0 Å². The van der Waals surface area contributed by atoms with E-state index in [4.69, 9.17) is 15.9 Å². The molecule has 0 aliphatic carbocycles. The van der Waals surface area contributed by atoms with E-state index in [2.05, 4.69) is 0 Å². The largest absolute Gasteiger partial charge is 0.456 e. The summed E-state index contributed by atoms with van der Waals surface area (Å²) in [6.07, 6.45) is 0. The molecule has 0 saturated heterocycles. The van der Waals surface area contributed by atoms with E-state index in [1.165, 1.54) is 18.2 Å². The van der Waals surface area contributed by atoms with Gasteiger partial charge in [0.2, 0.25) is 0 Å². The van der Waals surface area contributed by atoms with E-state index < -0.39 is 5.82 Å². The van der Waals surface area contributed by atoms with Crippen molar-refractivity contribution in [3.8, 4) is 11.5 Å². The standard InChI is InChI=1S/C15H15FN2O/c1-9-3-4-10(2)14(7-9)19-13-6-5-11(16)8-12(13)15(17)18/h3-8H,1-2H3,(H3,17,18). The number of nitrogens with two attached hydrogens (primary N) is 1. The predicted molar refractivity (Wildman–Crippen MR) is 73.4 cm³/mol. The van der Waals surface area contributed by atoms with Crippen LogP contribution < -0.4 is 10.5 Å². The van der Waals surface area contributed by atoms with Gasteiger partial charge in [-0.05, 0) is 49.2 Å². The normalized spacial score (nSPS) is 10.3. The minimum absolute atomic E-state index is 0.222. The van der Waals surface area contributed by atoms with Gasteiger partial charge in [0.15, 0.2) is 0 Å². The second kappa shape index (κ2) is 5.10. The first-order chi connectivity index (χ1) is 8.97. The van der Waals surface area contributed by atoms with Gasteiger partial charge in [0.05, 0.1) is 5.56 Å². The van der Waals surface area contributed by atoms with Crippen LogP contribution in [-0.2, 0) is 0 Å². The molecule has 0 heterocycles. The summed E-state index contributed by atoms with van der Waals surface area (Å²) in [5.41, 5.74) is 7.72. The molecule has 0 aliphatic heterocycles. The van der Waals surface area contributed by atoms with Crippen LogP contribution in [0, 0.1) is 25.1 Å². The number of hydrogen-bond donors (Lipinski definition) is 2. The minimum Gasteiger partial charge on any atom is -0.456 e. The van der Waals surface area contributed by atoms with E-state index >= 15 is 0 Å². The number of hydrogen-bond acceptors (Lipinski definition) is 2. The van der Waals surface area contributed by atoms with E-state index in [0.29, 0.717) is 11.5 Å². The topological polar surface area (TPSA) is 59.1 Å². The molecule has 0 radical (unpaired) electrons. The zero-order valence-corrected chi connectivity index (χ0v) is 10.8. The molecule has 0 aromatic heterocycles. The molecule has 2 aromatic carbocycles. The van der Waals surface area contributed by atoms with Gasteiger partial charge in [-0.1, -0.05) is 12.1 Å². The molecule has 0 spiro atoms. The van der Waals surface area contributed by atoms with Gasteiger partial charge in [-0.2, -0.15) is 0 Å². The molecule has 2 rings (SSSR count). The highest BCUT2D eigenvalue weighted by Gasteiger charge is 2.10. The molecule has 3 nitrogen and oxygen atoms in total. The van der Waals surface area contributed by atoms with Gasteiger partial charge in [-0.25, -0.2) is 4.39 Å². The third-order valence-electron chi connectivity index (χ3n) is 2.80. The quantitative estimate of drug-likeness (QED) is 0.653. The Morgan fingerprint density at radius 3 is 2.53 bits per heavy atom. The summed E-state index contributed by atoms with van der Waals surface area (Å²) < 4.78 is 18.9. The Kier molecular flexibility index (Phi) is 3.51. The molecule has 0 saturated carbocycles. The monoisotopic (exact) mass is 258 g/mol. The number of rotatable bonds is 3. The van der Waals surface area contributed by atoms with Crippen molar-refractivity contribution in [1.82, 2.24) is 0 Å². The lowest BCUT2D eigenvalue weighted by Crippen LogP contribution is -2.12. The number of aryl methyl sites for hydroxylation is 2. The van der Waals surface area contributed by atoms with Crippen LogP contribution in [0.5, 0.6) is 11.5 Å². The lowest BCUT2D eigenvalue weighted by Gasteiger charge is -2.12. The number of halogens is 1. The highest BCUT2D eigenvalue weighted by atomic mass is 19.1. The molecule has 98 valence electrons. The van der Waals surface area contributed by atoms with Crippen molar-refractivity contribution in [3.05, 3.63) is 58.9 Å². The summed E-state index contributed by atoms with van der Waals surface area (Å²) in [4.78, 5) is 0. The first-order valence-electron chi connectivity index (χ1n) is 5.86. The molecule has 2 aromatic rings. The first-order valence-corrected chi connectivity index (χ1v) is 5.86. The van der Waals surface area contributed by atoms with Crippen LogP contribution in [0.1, 0.15) is 16.7 Å². The van der Waals surface area contributed by atoms with Crippen LogP contribution >= 0.6 is 0 Å². The number of benzene rings is 2. The van der Waals surface area contributed by atoms with Gasteiger partial charge in [0.25, 0.3) is 0 Å². The lowest BCUT2D eigenvalue weighted by molar-refractivity contribution is 0.475. The molecule has 0 fully saturated rings. The van der Waals surface area contributed by atoms with Crippen LogP contribution in [0.2, 0.25) is 0 Å². The molecule has 0 bridgehead atoms. The summed E-state index contributed by atoms with van der Waals surface area (Å²) in [5.74, 6) is 0.384. The van der Waals surface area contributed by atoms with E-state index in [1.54, 1.807) is 0 Å². The molecule has 19 heavy (non-hydrogen) atoms. The van der Waals surface area contributed by atoms with Gasteiger partial charge in [0, 0.05) is 0 Å². The average Bonchev–Trinajstić information content (AvgIpc) is 2.35. The summed E-state index contributed by atoms with van der Waals surface area (Å²) in [7, 11) is 0. The Morgan fingerprint density at radius 2 is 1.84 bits per heavy atom. The van der Waals surface area contributed by atoms with Crippen molar-refractivity contribution in [1.29, 1.82) is 5.41 Å². The maximum Gasteiger partial charge on any atom is 0.138 e. The molecule has 0 amide bonds. The zero-order valence-electron chi connectivity index (χ0n) is 10.8. The van der Waals surface area contributed by atoms with E-state index in [0.717, 1.165) is 11.1 Å². The Morgan fingerprint density at radius 1 is 1.11 bits per heavy atom. The lowest BCUT2D eigenvalue weighted by atomic mass is 10.1. The van der Waals surface area contributed by atoms with Crippen molar-refractivity contribution in [2.75, 3.05) is 0 Å². The molecule has 3 N–H and O–H groups in total. The van der Waals surface area contributed by atoms with Gasteiger partial charge >= 0.3 is 0 Å². The SMILES string of the molecule is Cc1ccc(C)c(Oc2ccc(F)cc2C(=N)N)c1. The summed E-state index contributed by atoms with van der Waals surface area (Å²) >= 11 is 0. The molecular formula is C15H15FN2O. The smallest absolute Gasteiger partial charge is 0.138 e. The van der Waals surface area contributed by atoms with Crippen molar-refractivity contribution >= 4 is 5.84 Å². The van der Waals surface area contributed by atoms with Crippen LogP contribution in [-0.4, -0.2) is 5.84 Å². The number of nitrogen functional groups attached to an aromatic ring is 1. The fourth-order valence-electron chi connectivity index (χ4n) is 1.74. The molecule has 0 unspecified atom stereocenters. The van der Waals surface area contributed by atoms with Crippen molar-refractivity contribution in [3.63, 3.8) is 0 Å². The molecule has 4 heteroatoms. The molecule has 0 aliphatic rings. The van der Waals surface area contributed by atoms with Crippen LogP contribution in [0.15, 0.2) is 36.4 Å². The van der Waals surface area contributed by atoms with Crippen LogP contribution in [0.25, 0.3) is 0 Å². The van der Waals surface area contributed by atoms with Gasteiger partial charge in [0.1, 0.15) is 23.2 Å². The fourth-order valence-corrected chi connectivity index (χ4v) is 1.74. The van der Waals surface area contributed by atoms with Gasteiger partial charge in [-0.3, -0.25) is 5.41 Å². The number of ether oxygens (including phenoxy) is 1. The van der Waals surface area contributed by atoms with E-state index in [9.17, 15) is 4.39 Å². The maximum atomic E-state index is 13.2. The molecule has 0 atom stereocenters. The average molecular weight is 258 g/mol. The van der Waals surface area contributed by atoms with Crippen molar-refractivity contribution in [2.24, 2.45) is 5.73 Å².